The van der Waals surface area contributed by atoms with Gasteiger partial charge >= 0.3 is 5.97 Å². The van der Waals surface area contributed by atoms with Gasteiger partial charge in [-0.2, -0.15) is 0 Å². The Labute approximate surface area is 506 Å². The monoisotopic (exact) mass is 1250 g/mol. The van der Waals surface area contributed by atoms with Crippen molar-refractivity contribution in [3.63, 3.8) is 0 Å². The smallest absolute Gasteiger partial charge is 0.335 e. The van der Waals surface area contributed by atoms with Crippen LogP contribution in [0.1, 0.15) is 127 Å². The molecule has 11 fully saturated rings. The van der Waals surface area contributed by atoms with Crippen LogP contribution in [0, 0.1) is 50.2 Å². The van der Waals surface area contributed by atoms with Gasteiger partial charge in [0.05, 0.1) is 49.8 Å². The van der Waals surface area contributed by atoms with Gasteiger partial charge in [-0.25, -0.2) is 4.79 Å². The topological polar surface area (TPSA) is 422 Å². The Morgan fingerprint density at radius 1 is 0.471 bits per heavy atom. The molecule has 5 aliphatic carbocycles. The van der Waals surface area contributed by atoms with Crippen LogP contribution in [0.5, 0.6) is 0 Å². The number of carbonyl (C=O) groups is 1. The van der Waals surface area contributed by atoms with Gasteiger partial charge in [-0.3, -0.25) is 0 Å². The standard InChI is InChI=1S/C60H98O27/c1-23-32(64)36(68)40(72)49(78-23)84-44-38(70)33(65)24(2)79-51(44)86-45-39(71)35(67)26(21-62)81-52(45)83-43-42(74)46(85-50-41(73)37(69)34(66)25(20-61)80-50)53(87-47(43)48(75)76)82-31-12-13-56(7)27(55(31,5)6)10-14-57(8)28(56)11-15-60-29-18-54(3,4)16-17-59(29,22-77-60)30(63)19-58(57,60)9/h23-47,49-53,61-74H,10-22H2,1-9H3,(H,75,76)/t23-,24-,25+,26+,27?,28?,29?,30+,31-,32-,33-,34+,35-,36+,37-,38+,39-,40+,41+,42-,43-,44+,45+,46+,47-,49-,50-,51-,52-,53+,56-,57+,58-,59?,60-/m0/s1. The first kappa shape index (κ1) is 66.9. The molecule has 0 aromatic heterocycles. The number of aliphatic hydroxyl groups is 14. The summed E-state index contributed by atoms with van der Waals surface area (Å²) in [4.78, 5) is 13.6. The molecule has 0 amide bonds. The molecule has 27 heteroatoms. The molecule has 27 nitrogen and oxygen atoms in total. The maximum Gasteiger partial charge on any atom is 0.335 e. The Morgan fingerprint density at radius 3 is 1.59 bits per heavy atom. The lowest BCUT2D eigenvalue weighted by molar-refractivity contribution is -0.408. The quantitative estimate of drug-likeness (QED) is 0.0857. The second-order valence-electron chi connectivity index (χ2n) is 29.9. The predicted octanol–water partition coefficient (Wildman–Crippen LogP) is -2.38. The minimum atomic E-state index is -2.23. The zero-order chi connectivity index (χ0) is 63.4. The molecule has 5 saturated carbocycles. The molecule has 0 radical (unpaired) electrons. The Balaban J connectivity index is 0.881. The van der Waals surface area contributed by atoms with Crippen LogP contribution in [0.2, 0.25) is 0 Å². The van der Waals surface area contributed by atoms with Gasteiger partial charge < -0.3 is 129 Å². The summed E-state index contributed by atoms with van der Waals surface area (Å²) in [7, 11) is 0. The Hall–Kier alpha value is -1.53. The van der Waals surface area contributed by atoms with Gasteiger partial charge in [0.15, 0.2) is 37.6 Å². The van der Waals surface area contributed by atoms with Crippen molar-refractivity contribution in [2.45, 2.75) is 298 Å². The van der Waals surface area contributed by atoms with Crippen LogP contribution in [-0.2, 0) is 56.9 Å². The van der Waals surface area contributed by atoms with Crippen LogP contribution >= 0.6 is 0 Å². The van der Waals surface area contributed by atoms with E-state index in [9.17, 15) is 81.4 Å². The number of carboxylic acids is 1. The first-order valence-corrected chi connectivity index (χ1v) is 31.5. The third kappa shape index (κ3) is 10.5. The molecular formula is C60H98O27. The van der Waals surface area contributed by atoms with Crippen LogP contribution in [0.25, 0.3) is 0 Å². The van der Waals surface area contributed by atoms with E-state index in [1.54, 1.807) is 0 Å². The molecular weight excluding hydrogens is 1150 g/mol. The number of aliphatic carboxylic acids is 1. The van der Waals surface area contributed by atoms with Crippen molar-refractivity contribution in [2.75, 3.05) is 19.8 Å². The number of aliphatic hydroxyl groups excluding tert-OH is 14. The van der Waals surface area contributed by atoms with Crippen LogP contribution in [0.15, 0.2) is 0 Å². The number of rotatable bonds is 13. The van der Waals surface area contributed by atoms with E-state index >= 15 is 0 Å². The largest absolute Gasteiger partial charge is 0.479 e. The van der Waals surface area contributed by atoms with E-state index in [-0.39, 0.29) is 50.4 Å². The minimum Gasteiger partial charge on any atom is -0.479 e. The van der Waals surface area contributed by atoms with Gasteiger partial charge in [-0.15, -0.1) is 0 Å². The maximum absolute atomic E-state index is 13.6. The zero-order valence-corrected chi connectivity index (χ0v) is 51.1. The van der Waals surface area contributed by atoms with Gasteiger partial charge in [0, 0.05) is 10.8 Å². The summed E-state index contributed by atoms with van der Waals surface area (Å²) < 4.78 is 68.4. The highest BCUT2D eigenvalue weighted by Gasteiger charge is 2.80. The van der Waals surface area contributed by atoms with Crippen LogP contribution in [-0.4, -0.2) is 274 Å². The predicted molar refractivity (Wildman–Crippen MR) is 293 cm³/mol. The molecule has 87 heavy (non-hydrogen) atoms. The number of ether oxygens (including phenoxy) is 11. The van der Waals surface area contributed by atoms with E-state index < -0.39 is 190 Å². The molecule has 11 rings (SSSR count). The van der Waals surface area contributed by atoms with Crippen LogP contribution in [0.4, 0.5) is 0 Å². The summed E-state index contributed by atoms with van der Waals surface area (Å²) >= 11 is 0. The fourth-order valence-corrected chi connectivity index (χ4v) is 19.3. The van der Waals surface area contributed by atoms with Gasteiger partial charge in [-0.1, -0.05) is 48.5 Å². The molecule has 0 aromatic rings. The van der Waals surface area contributed by atoms with Crippen LogP contribution in [0.3, 0.4) is 0 Å². The molecule has 6 aliphatic heterocycles. The summed E-state index contributed by atoms with van der Waals surface area (Å²) in [5.74, 6) is -1.29. The molecule has 6 saturated heterocycles. The van der Waals surface area contributed by atoms with E-state index in [2.05, 4.69) is 48.5 Å². The van der Waals surface area contributed by atoms with Gasteiger partial charge in [0.1, 0.15) is 104 Å². The van der Waals surface area contributed by atoms with E-state index in [4.69, 9.17) is 52.1 Å². The van der Waals surface area contributed by atoms with E-state index in [1.165, 1.54) is 13.8 Å². The molecule has 15 N–H and O–H groups in total. The second kappa shape index (κ2) is 23.7. The summed E-state index contributed by atoms with van der Waals surface area (Å²) in [5, 5.41) is 167. The normalized spacial score (nSPS) is 57.2. The third-order valence-electron chi connectivity index (χ3n) is 24.6. The molecule has 500 valence electrons. The van der Waals surface area contributed by atoms with Crippen LogP contribution < -0.4 is 0 Å². The molecule has 35 atom stereocenters. The molecule has 6 heterocycles. The van der Waals surface area contributed by atoms with Crippen molar-refractivity contribution >= 4 is 5.97 Å². The lowest BCUT2D eigenvalue weighted by Gasteiger charge is -2.75. The first-order valence-electron chi connectivity index (χ1n) is 31.5. The van der Waals surface area contributed by atoms with Crippen molar-refractivity contribution in [1.82, 2.24) is 0 Å². The lowest BCUT2D eigenvalue weighted by atomic mass is 9.30. The van der Waals surface area contributed by atoms with E-state index in [0.29, 0.717) is 25.9 Å². The molecule has 4 unspecified atom stereocenters. The Morgan fingerprint density at radius 2 is 0.966 bits per heavy atom. The van der Waals surface area contributed by atoms with Crippen molar-refractivity contribution in [2.24, 2.45) is 50.2 Å². The molecule has 0 aromatic carbocycles. The summed E-state index contributed by atoms with van der Waals surface area (Å²) in [6, 6.07) is 0. The number of hydrogen-bond acceptors (Lipinski definition) is 26. The second-order valence-corrected chi connectivity index (χ2v) is 29.9. The Bertz CT molecular complexity index is 2440. The summed E-state index contributed by atoms with van der Waals surface area (Å²) in [6.07, 6.45) is -39.7. The maximum atomic E-state index is 13.6. The zero-order valence-electron chi connectivity index (χ0n) is 51.1. The fourth-order valence-electron chi connectivity index (χ4n) is 19.3. The number of hydrogen-bond donors (Lipinski definition) is 15. The average molecular weight is 1250 g/mol. The van der Waals surface area contributed by atoms with Crippen molar-refractivity contribution in [3.8, 4) is 0 Å². The van der Waals surface area contributed by atoms with Crippen molar-refractivity contribution < 1.29 is 133 Å². The highest BCUT2D eigenvalue weighted by molar-refractivity contribution is 5.73. The lowest BCUT2D eigenvalue weighted by Crippen LogP contribution is -2.74. The highest BCUT2D eigenvalue weighted by atomic mass is 16.8. The fraction of sp³-hybridized carbons (Fsp3) is 0.983. The highest BCUT2D eigenvalue weighted by Crippen LogP contribution is 2.80. The van der Waals surface area contributed by atoms with Crippen molar-refractivity contribution in [3.05, 3.63) is 0 Å². The first-order chi connectivity index (χ1) is 40.7. The SMILES string of the molecule is C[C@@H]1O[C@@H](O[C@H]2[C@H](O[C@H]3[C@H](O[C@H]4[C@H](O)[C@@H](O[C@@H]5O[C@H](CO)[C@@H](O)[C@H](O)[C@H]5O)[C@H](O[C@H]5CC[C@@]6(C)C(CC[C@]7(C)C6CC[C@]68OCC9(CCC(C)(C)CC96)[C@H](O)C[C@]87C)C5(C)C)O[C@@H]4C(=O)O)O[C@H](CO)[C@H](O)[C@@H]3O)O[C@@H](C)[C@H](O)[C@H]2O)[C@H](O)[C@H](O)[C@H]1O. The molecule has 1 spiro atoms. The summed E-state index contributed by atoms with van der Waals surface area (Å²) in [5.41, 5.74) is -2.07. The number of fused-ring (bicyclic) bond motifs is 4. The van der Waals surface area contributed by atoms with Gasteiger partial charge in [0.2, 0.25) is 0 Å². The minimum absolute atomic E-state index is 0.00493. The molecule has 11 aliphatic rings. The third-order valence-corrected chi connectivity index (χ3v) is 24.6. The van der Waals surface area contributed by atoms with Gasteiger partial charge in [-0.05, 0) is 117 Å². The Kier molecular flexibility index (Phi) is 18.3. The van der Waals surface area contributed by atoms with E-state index in [1.807, 2.05) is 0 Å². The van der Waals surface area contributed by atoms with Crippen molar-refractivity contribution in [1.29, 1.82) is 0 Å². The van der Waals surface area contributed by atoms with E-state index in [0.717, 1.165) is 44.9 Å². The summed E-state index contributed by atoms with van der Waals surface area (Å²) in [6.45, 7) is 17.5. The number of carboxylic acid groups (broad SMARTS) is 1. The molecule has 2 bridgehead atoms. The average Bonchev–Trinajstić information content (AvgIpc) is 1.62. The van der Waals surface area contributed by atoms with Gasteiger partial charge in [0.25, 0.3) is 0 Å².